The molecule has 0 atom stereocenters. The molecule has 3 rings (SSSR count). The molecule has 104 valence electrons. The lowest BCUT2D eigenvalue weighted by Gasteiger charge is -2.29. The van der Waals surface area contributed by atoms with Crippen molar-refractivity contribution in [3.05, 3.63) is 35.4 Å². The van der Waals surface area contributed by atoms with E-state index in [1.807, 2.05) is 0 Å². The molecule has 0 bridgehead atoms. The molecular formula is C17H26N2. The summed E-state index contributed by atoms with van der Waals surface area (Å²) in [4.78, 5) is 2.45. The number of nitrogens with zero attached hydrogens (tertiary/aromatic N) is 1. The van der Waals surface area contributed by atoms with Crippen LogP contribution in [0, 0.1) is 0 Å². The minimum atomic E-state index is 0.455. The first-order chi connectivity index (χ1) is 9.23. The lowest BCUT2D eigenvalue weighted by Crippen LogP contribution is -2.29. The summed E-state index contributed by atoms with van der Waals surface area (Å²) in [6, 6.07) is 9.46. The van der Waals surface area contributed by atoms with E-state index in [-0.39, 0.29) is 0 Å². The van der Waals surface area contributed by atoms with Gasteiger partial charge in [-0.05, 0) is 69.9 Å². The third-order valence-electron chi connectivity index (χ3n) is 5.06. The number of rotatable bonds is 4. The van der Waals surface area contributed by atoms with Crippen LogP contribution in [-0.2, 0) is 5.41 Å². The minimum Gasteiger partial charge on any atom is -0.319 e. The Morgan fingerprint density at radius 2 is 2.00 bits per heavy atom. The van der Waals surface area contributed by atoms with E-state index in [1.54, 1.807) is 11.1 Å². The fourth-order valence-corrected chi connectivity index (χ4v) is 3.52. The first-order valence-corrected chi connectivity index (χ1v) is 7.67. The predicted octanol–water partition coefficient (Wildman–Crippen LogP) is 2.75. The van der Waals surface area contributed by atoms with Crippen LogP contribution in [0.1, 0.15) is 42.7 Å². The zero-order valence-corrected chi connectivity index (χ0v) is 12.3. The van der Waals surface area contributed by atoms with Crippen molar-refractivity contribution in [1.82, 2.24) is 10.2 Å². The average Bonchev–Trinajstić information content (AvgIpc) is 3.21. The van der Waals surface area contributed by atoms with E-state index in [0.717, 1.165) is 12.5 Å². The average molecular weight is 258 g/mol. The van der Waals surface area contributed by atoms with Crippen LogP contribution in [0.3, 0.4) is 0 Å². The number of piperidine rings is 1. The van der Waals surface area contributed by atoms with Crippen LogP contribution in [0.4, 0.5) is 0 Å². The maximum atomic E-state index is 3.37. The van der Waals surface area contributed by atoms with Crippen molar-refractivity contribution < 1.29 is 0 Å². The van der Waals surface area contributed by atoms with Crippen LogP contribution >= 0.6 is 0 Å². The number of nitrogens with one attached hydrogen (secondary N) is 1. The van der Waals surface area contributed by atoms with E-state index in [2.05, 4.69) is 48.6 Å². The monoisotopic (exact) mass is 258 g/mol. The number of benzene rings is 1. The molecule has 2 aliphatic rings. The first kappa shape index (κ1) is 13.1. The van der Waals surface area contributed by atoms with Crippen LogP contribution in [-0.4, -0.2) is 38.6 Å². The smallest absolute Gasteiger partial charge is 0.00784 e. The summed E-state index contributed by atoms with van der Waals surface area (Å²) in [6.07, 6.45) is 5.34. The third-order valence-corrected chi connectivity index (χ3v) is 5.06. The molecule has 0 aromatic heterocycles. The molecule has 1 saturated carbocycles. The quantitative estimate of drug-likeness (QED) is 0.893. The lowest BCUT2D eigenvalue weighted by molar-refractivity contribution is 0.255. The summed E-state index contributed by atoms with van der Waals surface area (Å²) in [7, 11) is 4.31. The SMILES string of the molecule is CNCC1(c2cccc(C3CCN(C)CC3)c2)CC1. The minimum absolute atomic E-state index is 0.455. The van der Waals surface area contributed by atoms with Crippen LogP contribution in [0.2, 0.25) is 0 Å². The Morgan fingerprint density at radius 1 is 1.26 bits per heavy atom. The molecule has 0 unspecified atom stereocenters. The highest BCUT2D eigenvalue weighted by Crippen LogP contribution is 2.48. The van der Waals surface area contributed by atoms with Crippen molar-refractivity contribution in [2.24, 2.45) is 0 Å². The molecule has 1 aliphatic carbocycles. The van der Waals surface area contributed by atoms with Crippen molar-refractivity contribution in [3.8, 4) is 0 Å². The fourth-order valence-electron chi connectivity index (χ4n) is 3.52. The molecule has 2 fully saturated rings. The molecule has 19 heavy (non-hydrogen) atoms. The molecule has 1 aromatic rings. The Kier molecular flexibility index (Phi) is 3.64. The van der Waals surface area contributed by atoms with Gasteiger partial charge >= 0.3 is 0 Å². The number of hydrogen-bond donors (Lipinski definition) is 1. The summed E-state index contributed by atoms with van der Waals surface area (Å²) < 4.78 is 0. The normalized spacial score (nSPS) is 23.5. The third kappa shape index (κ3) is 2.70. The fraction of sp³-hybridized carbons (Fsp3) is 0.647. The van der Waals surface area contributed by atoms with E-state index in [0.29, 0.717) is 5.41 Å². The van der Waals surface area contributed by atoms with Crippen molar-refractivity contribution >= 4 is 0 Å². The summed E-state index contributed by atoms with van der Waals surface area (Å²) in [5.74, 6) is 0.779. The van der Waals surface area contributed by atoms with Crippen LogP contribution in [0.25, 0.3) is 0 Å². The standard InChI is InChI=1S/C17H26N2/c1-18-13-17(8-9-17)16-5-3-4-15(12-16)14-6-10-19(2)11-7-14/h3-5,12,14,18H,6-11,13H2,1-2H3. The highest BCUT2D eigenvalue weighted by molar-refractivity contribution is 5.36. The van der Waals surface area contributed by atoms with Crippen molar-refractivity contribution in [1.29, 1.82) is 0 Å². The number of likely N-dealkylation sites (N-methyl/N-ethyl adjacent to an activating group) is 1. The van der Waals surface area contributed by atoms with Crippen LogP contribution in [0.15, 0.2) is 24.3 Å². The second-order valence-corrected chi connectivity index (χ2v) is 6.51. The maximum absolute atomic E-state index is 3.37. The van der Waals surface area contributed by atoms with Gasteiger partial charge in [0.15, 0.2) is 0 Å². The number of hydrogen-bond acceptors (Lipinski definition) is 2. The van der Waals surface area contributed by atoms with Gasteiger partial charge in [0.25, 0.3) is 0 Å². The molecule has 1 heterocycles. The predicted molar refractivity (Wildman–Crippen MR) is 80.8 cm³/mol. The highest BCUT2D eigenvalue weighted by Gasteiger charge is 2.43. The summed E-state index contributed by atoms with van der Waals surface area (Å²) in [5, 5.41) is 3.37. The van der Waals surface area contributed by atoms with Gasteiger partial charge in [-0.25, -0.2) is 0 Å². The van der Waals surface area contributed by atoms with E-state index in [1.165, 1.54) is 38.8 Å². The van der Waals surface area contributed by atoms with E-state index in [9.17, 15) is 0 Å². The molecule has 1 saturated heterocycles. The van der Waals surface area contributed by atoms with Gasteiger partial charge in [0, 0.05) is 12.0 Å². The summed E-state index contributed by atoms with van der Waals surface area (Å²) >= 11 is 0. The van der Waals surface area contributed by atoms with Gasteiger partial charge < -0.3 is 10.2 Å². The van der Waals surface area contributed by atoms with E-state index < -0.39 is 0 Å². The van der Waals surface area contributed by atoms with Gasteiger partial charge in [-0.15, -0.1) is 0 Å². The van der Waals surface area contributed by atoms with Gasteiger partial charge in [-0.1, -0.05) is 24.3 Å². The Morgan fingerprint density at radius 3 is 2.63 bits per heavy atom. The van der Waals surface area contributed by atoms with E-state index >= 15 is 0 Å². The molecule has 1 aromatic carbocycles. The second kappa shape index (κ2) is 5.26. The highest BCUT2D eigenvalue weighted by atomic mass is 15.1. The first-order valence-electron chi connectivity index (χ1n) is 7.67. The Labute approximate surface area is 117 Å². The lowest BCUT2D eigenvalue weighted by atomic mass is 9.86. The summed E-state index contributed by atoms with van der Waals surface area (Å²) in [6.45, 7) is 3.62. The Hall–Kier alpha value is -0.860. The van der Waals surface area contributed by atoms with E-state index in [4.69, 9.17) is 0 Å². The molecule has 2 heteroatoms. The molecule has 1 aliphatic heterocycles. The number of likely N-dealkylation sites (tertiary alicyclic amines) is 1. The van der Waals surface area contributed by atoms with Gasteiger partial charge in [0.1, 0.15) is 0 Å². The van der Waals surface area contributed by atoms with Crippen LogP contribution in [0.5, 0.6) is 0 Å². The largest absolute Gasteiger partial charge is 0.319 e. The molecule has 0 radical (unpaired) electrons. The second-order valence-electron chi connectivity index (χ2n) is 6.51. The molecular weight excluding hydrogens is 232 g/mol. The molecule has 2 nitrogen and oxygen atoms in total. The zero-order valence-electron chi connectivity index (χ0n) is 12.3. The van der Waals surface area contributed by atoms with Crippen molar-refractivity contribution in [2.75, 3.05) is 33.7 Å². The van der Waals surface area contributed by atoms with Gasteiger partial charge in [-0.3, -0.25) is 0 Å². The van der Waals surface area contributed by atoms with Gasteiger partial charge in [-0.2, -0.15) is 0 Å². The molecule has 1 N–H and O–H groups in total. The van der Waals surface area contributed by atoms with Gasteiger partial charge in [0.05, 0.1) is 0 Å². The van der Waals surface area contributed by atoms with Crippen molar-refractivity contribution in [3.63, 3.8) is 0 Å². The Balaban J connectivity index is 1.77. The maximum Gasteiger partial charge on any atom is 0.00784 e. The van der Waals surface area contributed by atoms with Crippen LogP contribution < -0.4 is 5.32 Å². The molecule has 0 amide bonds. The molecule has 0 spiro atoms. The van der Waals surface area contributed by atoms with Gasteiger partial charge in [0.2, 0.25) is 0 Å². The topological polar surface area (TPSA) is 15.3 Å². The Bertz CT molecular complexity index is 429. The zero-order chi connectivity index (χ0) is 13.3. The van der Waals surface area contributed by atoms with Crippen molar-refractivity contribution in [2.45, 2.75) is 37.0 Å². The summed E-state index contributed by atoms with van der Waals surface area (Å²) in [5.41, 5.74) is 3.60.